The molecule has 0 spiro atoms. The topological polar surface area (TPSA) is 29.0 Å². The summed E-state index contributed by atoms with van der Waals surface area (Å²) in [6, 6.07) is 2.04. The van der Waals surface area contributed by atoms with Gasteiger partial charge in [-0.1, -0.05) is 15.9 Å². The minimum absolute atomic E-state index is 0.984. The van der Waals surface area contributed by atoms with Crippen LogP contribution in [0.1, 0.15) is 13.3 Å². The Balaban J connectivity index is 2.72. The van der Waals surface area contributed by atoms with Crippen molar-refractivity contribution in [1.82, 2.24) is 9.97 Å². The molecule has 0 atom stereocenters. The second-order valence-electron chi connectivity index (χ2n) is 3.04. The van der Waals surface area contributed by atoms with Gasteiger partial charge in [0.1, 0.15) is 17.2 Å². The number of nitrogens with zero attached hydrogens (tertiary/aromatic N) is 3. The Kier molecular flexibility index (Phi) is 6.02. The second kappa shape index (κ2) is 7.06. The Morgan fingerprint density at radius 2 is 2.27 bits per heavy atom. The summed E-state index contributed by atoms with van der Waals surface area (Å²) in [5, 5.41) is 2.06. The summed E-state index contributed by atoms with van der Waals surface area (Å²) >= 11 is 5.09. The third kappa shape index (κ3) is 3.99. The van der Waals surface area contributed by atoms with Crippen molar-refractivity contribution in [3.63, 3.8) is 0 Å². The molecule has 84 valence electrons. The Morgan fingerprint density at radius 1 is 1.47 bits per heavy atom. The highest BCUT2D eigenvalue weighted by molar-refractivity contribution is 9.09. The molecule has 1 heterocycles. The quantitative estimate of drug-likeness (QED) is 0.458. The maximum absolute atomic E-state index is 4.30. The predicted molar refractivity (Wildman–Crippen MR) is 70.1 cm³/mol. The molecule has 0 saturated carbocycles. The smallest absolute Gasteiger partial charge is 0.133 e. The number of alkyl halides is 1. The Morgan fingerprint density at radius 3 is 2.87 bits per heavy atom. The van der Waals surface area contributed by atoms with E-state index in [1.54, 1.807) is 18.1 Å². The normalized spacial score (nSPS) is 10.3. The maximum atomic E-state index is 4.30. The van der Waals surface area contributed by atoms with E-state index in [0.717, 1.165) is 35.7 Å². The zero-order chi connectivity index (χ0) is 11.1. The van der Waals surface area contributed by atoms with E-state index < -0.39 is 0 Å². The van der Waals surface area contributed by atoms with E-state index in [0.29, 0.717) is 0 Å². The summed E-state index contributed by atoms with van der Waals surface area (Å²) in [5.74, 6) is 1.03. The van der Waals surface area contributed by atoms with Gasteiger partial charge in [-0.15, -0.1) is 11.8 Å². The minimum atomic E-state index is 0.984. The molecule has 5 heteroatoms. The van der Waals surface area contributed by atoms with Gasteiger partial charge >= 0.3 is 0 Å². The van der Waals surface area contributed by atoms with Crippen LogP contribution in [0.2, 0.25) is 0 Å². The van der Waals surface area contributed by atoms with Gasteiger partial charge in [-0.05, 0) is 19.6 Å². The van der Waals surface area contributed by atoms with Crippen LogP contribution in [0, 0.1) is 0 Å². The highest BCUT2D eigenvalue weighted by Crippen LogP contribution is 2.17. The molecule has 0 bridgehead atoms. The van der Waals surface area contributed by atoms with Crippen molar-refractivity contribution in [1.29, 1.82) is 0 Å². The van der Waals surface area contributed by atoms with Crippen molar-refractivity contribution in [2.45, 2.75) is 18.4 Å². The van der Waals surface area contributed by atoms with E-state index in [4.69, 9.17) is 0 Å². The first kappa shape index (κ1) is 12.8. The molecule has 0 N–H and O–H groups in total. The minimum Gasteiger partial charge on any atom is -0.357 e. The average molecular weight is 290 g/mol. The highest BCUT2D eigenvalue weighted by Gasteiger charge is 2.05. The number of rotatable bonds is 6. The molecule has 0 aliphatic heterocycles. The van der Waals surface area contributed by atoms with Gasteiger partial charge in [0, 0.05) is 24.5 Å². The number of aromatic nitrogens is 2. The summed E-state index contributed by atoms with van der Waals surface area (Å²) in [6.45, 7) is 4.17. The van der Waals surface area contributed by atoms with Crippen LogP contribution in [-0.4, -0.2) is 34.6 Å². The van der Waals surface area contributed by atoms with Crippen molar-refractivity contribution >= 4 is 33.5 Å². The number of hydrogen-bond donors (Lipinski definition) is 0. The molecule has 0 aromatic carbocycles. The van der Waals surface area contributed by atoms with Crippen molar-refractivity contribution in [2.75, 3.05) is 29.6 Å². The van der Waals surface area contributed by atoms with Gasteiger partial charge in [0.15, 0.2) is 0 Å². The molecule has 0 unspecified atom stereocenters. The first-order valence-corrected chi connectivity index (χ1v) is 7.33. The van der Waals surface area contributed by atoms with Crippen LogP contribution in [0.3, 0.4) is 0 Å². The fraction of sp³-hybridized carbons (Fsp3) is 0.600. The predicted octanol–water partition coefficient (Wildman–Crippen LogP) is 2.81. The second-order valence-corrected chi connectivity index (χ2v) is 4.66. The number of halogens is 1. The molecule has 0 amide bonds. The molecule has 3 nitrogen and oxygen atoms in total. The van der Waals surface area contributed by atoms with Gasteiger partial charge in [-0.25, -0.2) is 9.97 Å². The zero-order valence-electron chi connectivity index (χ0n) is 9.11. The molecule has 15 heavy (non-hydrogen) atoms. The molecule has 1 aromatic heterocycles. The lowest BCUT2D eigenvalue weighted by molar-refractivity contribution is 0.778. The van der Waals surface area contributed by atoms with Crippen molar-refractivity contribution < 1.29 is 0 Å². The third-order valence-electron chi connectivity index (χ3n) is 2.10. The first-order valence-electron chi connectivity index (χ1n) is 4.98. The van der Waals surface area contributed by atoms with Crippen LogP contribution >= 0.6 is 27.7 Å². The third-order valence-corrected chi connectivity index (χ3v) is 3.31. The summed E-state index contributed by atoms with van der Waals surface area (Å²) in [5.41, 5.74) is 0. The lowest BCUT2D eigenvalue weighted by atomic mass is 10.4. The molecule has 1 aromatic rings. The largest absolute Gasteiger partial charge is 0.357 e. The number of thioether (sulfide) groups is 1. The zero-order valence-corrected chi connectivity index (χ0v) is 11.5. The van der Waals surface area contributed by atoms with E-state index in [1.807, 2.05) is 12.3 Å². The fourth-order valence-electron chi connectivity index (χ4n) is 1.30. The van der Waals surface area contributed by atoms with Gasteiger partial charge < -0.3 is 4.90 Å². The van der Waals surface area contributed by atoms with Crippen LogP contribution in [0.25, 0.3) is 0 Å². The molecule has 0 fully saturated rings. The summed E-state index contributed by atoms with van der Waals surface area (Å²) in [7, 11) is 0. The summed E-state index contributed by atoms with van der Waals surface area (Å²) in [4.78, 5) is 10.7. The fourth-order valence-corrected chi connectivity index (χ4v) is 1.93. The lowest BCUT2D eigenvalue weighted by Gasteiger charge is -2.21. The SMILES string of the molecule is CCN(CCCBr)c1cc(SC)ncn1. The summed E-state index contributed by atoms with van der Waals surface area (Å²) < 4.78 is 0. The highest BCUT2D eigenvalue weighted by atomic mass is 79.9. The van der Waals surface area contributed by atoms with Crippen LogP contribution in [0.5, 0.6) is 0 Å². The lowest BCUT2D eigenvalue weighted by Crippen LogP contribution is -2.25. The summed E-state index contributed by atoms with van der Waals surface area (Å²) in [6.07, 6.45) is 4.80. The molecule has 0 saturated heterocycles. The van der Waals surface area contributed by atoms with E-state index in [9.17, 15) is 0 Å². The Bertz CT molecular complexity index is 296. The molecular formula is C10H16BrN3S. The molecule has 0 radical (unpaired) electrons. The number of hydrogen-bond acceptors (Lipinski definition) is 4. The molecule has 1 rings (SSSR count). The van der Waals surface area contributed by atoms with Crippen molar-refractivity contribution in [3.05, 3.63) is 12.4 Å². The van der Waals surface area contributed by atoms with E-state index in [1.165, 1.54) is 0 Å². The molecular weight excluding hydrogens is 274 g/mol. The average Bonchev–Trinajstić information content (AvgIpc) is 2.30. The van der Waals surface area contributed by atoms with Crippen LogP contribution in [0.15, 0.2) is 17.4 Å². The van der Waals surface area contributed by atoms with Crippen molar-refractivity contribution in [2.24, 2.45) is 0 Å². The van der Waals surface area contributed by atoms with Gasteiger partial charge in [-0.2, -0.15) is 0 Å². The van der Waals surface area contributed by atoms with Crippen LogP contribution in [0.4, 0.5) is 5.82 Å². The van der Waals surface area contributed by atoms with Gasteiger partial charge in [0.05, 0.1) is 0 Å². The van der Waals surface area contributed by atoms with Crippen LogP contribution in [-0.2, 0) is 0 Å². The standard InChI is InChI=1S/C10H16BrN3S/c1-3-14(6-4-5-11)9-7-10(15-2)13-8-12-9/h7-8H,3-6H2,1-2H3. The maximum Gasteiger partial charge on any atom is 0.133 e. The first-order chi connectivity index (χ1) is 7.31. The van der Waals surface area contributed by atoms with Gasteiger partial charge in [0.2, 0.25) is 0 Å². The Labute approximate surface area is 104 Å². The van der Waals surface area contributed by atoms with Crippen molar-refractivity contribution in [3.8, 4) is 0 Å². The van der Waals surface area contributed by atoms with E-state index >= 15 is 0 Å². The van der Waals surface area contributed by atoms with E-state index in [-0.39, 0.29) is 0 Å². The molecule has 0 aliphatic rings. The van der Waals surface area contributed by atoms with Crippen LogP contribution < -0.4 is 4.90 Å². The van der Waals surface area contributed by atoms with Gasteiger partial charge in [-0.3, -0.25) is 0 Å². The monoisotopic (exact) mass is 289 g/mol. The van der Waals surface area contributed by atoms with Gasteiger partial charge in [0.25, 0.3) is 0 Å². The Hall–Kier alpha value is -0.290. The molecule has 0 aliphatic carbocycles. The van der Waals surface area contributed by atoms with E-state index in [2.05, 4.69) is 37.7 Å². The number of anilines is 1.